The second-order valence-electron chi connectivity index (χ2n) is 13.8. The van der Waals surface area contributed by atoms with Crippen LogP contribution in [0.4, 0.5) is 0 Å². The minimum absolute atomic E-state index is 0.330. The molecule has 55 heavy (non-hydrogen) atoms. The summed E-state index contributed by atoms with van der Waals surface area (Å²) in [6.07, 6.45) is 0.575. The van der Waals surface area contributed by atoms with Crippen molar-refractivity contribution in [3.63, 3.8) is 0 Å². The van der Waals surface area contributed by atoms with Crippen molar-refractivity contribution in [3.8, 4) is 34.5 Å². The van der Waals surface area contributed by atoms with Gasteiger partial charge in [-0.25, -0.2) is 0 Å². The topological polar surface area (TPSA) is 89.5 Å². The highest BCUT2D eigenvalue weighted by molar-refractivity contribution is 7.50. The number of phosphoric acid groups is 2. The minimum Gasteiger partial charge on any atom is -0.386 e. The van der Waals surface area contributed by atoms with Gasteiger partial charge in [0.2, 0.25) is 0 Å². The fraction of sp³-hybridized carbons (Fsp3) is 0.200. The average molecular weight is 777 g/mol. The number of benzene rings is 6. The Labute approximate surface area is 324 Å². The predicted molar refractivity (Wildman–Crippen MR) is 218 cm³/mol. The maximum Gasteiger partial charge on any atom is 0.647 e. The maximum absolute atomic E-state index is 14.4. The van der Waals surface area contributed by atoms with Gasteiger partial charge in [-0.3, -0.25) is 0 Å². The van der Waals surface area contributed by atoms with Gasteiger partial charge in [-0.05, 0) is 142 Å². The molecule has 0 saturated carbocycles. The standard InChI is InChI=1S/C45H46O8P2/c1-30-13-9-14-31(2)42(30)50-54(46,51-43-32(3)15-10-16-33(43)4)48-40-25-21-38(22-26-40)29-39-23-27-41(28-24-39)49-55(47,52-44-34(5)17-11-18-35(44)6)53-45-36(7)19-12-20-37(45)8/h9-28H,29H2,1-8H3. The van der Waals surface area contributed by atoms with Crippen LogP contribution in [0.1, 0.15) is 55.6 Å². The highest BCUT2D eigenvalue weighted by atomic mass is 31.2. The molecular weight excluding hydrogens is 730 g/mol. The molecule has 6 aromatic rings. The highest BCUT2D eigenvalue weighted by Gasteiger charge is 2.36. The summed E-state index contributed by atoms with van der Waals surface area (Å²) in [6, 6.07) is 37.3. The van der Waals surface area contributed by atoms with Gasteiger partial charge >= 0.3 is 15.6 Å². The van der Waals surface area contributed by atoms with Crippen LogP contribution in [0.2, 0.25) is 0 Å². The molecule has 6 rings (SSSR count). The Bertz CT molecular complexity index is 2040. The van der Waals surface area contributed by atoms with E-state index in [9.17, 15) is 9.13 Å². The molecule has 0 aliphatic carbocycles. The fourth-order valence-electron chi connectivity index (χ4n) is 6.16. The van der Waals surface area contributed by atoms with Gasteiger partial charge in [0.05, 0.1) is 0 Å². The molecule has 0 bridgehead atoms. The maximum atomic E-state index is 14.4. The number of aryl methyl sites for hydroxylation is 8. The van der Waals surface area contributed by atoms with E-state index in [1.54, 1.807) is 24.3 Å². The van der Waals surface area contributed by atoms with Gasteiger partial charge in [0.25, 0.3) is 0 Å². The molecule has 0 aliphatic rings. The first-order valence-corrected chi connectivity index (χ1v) is 20.9. The van der Waals surface area contributed by atoms with Crippen molar-refractivity contribution < 1.29 is 36.3 Å². The summed E-state index contributed by atoms with van der Waals surface area (Å²) in [4.78, 5) is 0. The number of hydrogen-bond donors (Lipinski definition) is 0. The zero-order chi connectivity index (χ0) is 39.3. The first kappa shape index (κ1) is 39.3. The lowest BCUT2D eigenvalue weighted by atomic mass is 10.1. The molecule has 8 nitrogen and oxygen atoms in total. The van der Waals surface area contributed by atoms with E-state index in [0.717, 1.165) is 55.6 Å². The van der Waals surface area contributed by atoms with Crippen molar-refractivity contribution in [3.05, 3.63) is 177 Å². The van der Waals surface area contributed by atoms with E-state index in [-0.39, 0.29) is 0 Å². The Hall–Kier alpha value is -5.42. The Kier molecular flexibility index (Phi) is 11.8. The van der Waals surface area contributed by atoms with E-state index in [1.807, 2.05) is 152 Å². The predicted octanol–water partition coefficient (Wildman–Crippen LogP) is 13.0. The lowest BCUT2D eigenvalue weighted by molar-refractivity contribution is 0.294. The summed E-state index contributed by atoms with van der Waals surface area (Å²) < 4.78 is 65.3. The van der Waals surface area contributed by atoms with Crippen molar-refractivity contribution in [2.75, 3.05) is 0 Å². The second-order valence-corrected chi connectivity index (χ2v) is 16.7. The van der Waals surface area contributed by atoms with E-state index in [1.165, 1.54) is 0 Å². The van der Waals surface area contributed by atoms with Gasteiger partial charge in [0.1, 0.15) is 34.5 Å². The van der Waals surface area contributed by atoms with Crippen molar-refractivity contribution in [1.82, 2.24) is 0 Å². The van der Waals surface area contributed by atoms with E-state index < -0.39 is 15.6 Å². The number of rotatable bonds is 14. The van der Waals surface area contributed by atoms with Gasteiger partial charge in [-0.2, -0.15) is 9.13 Å². The molecule has 0 heterocycles. The van der Waals surface area contributed by atoms with Crippen molar-refractivity contribution >= 4 is 15.6 Å². The molecule has 0 aromatic heterocycles. The van der Waals surface area contributed by atoms with Crippen LogP contribution in [-0.4, -0.2) is 0 Å². The van der Waals surface area contributed by atoms with Gasteiger partial charge < -0.3 is 27.1 Å². The second kappa shape index (κ2) is 16.5. The van der Waals surface area contributed by atoms with Crippen molar-refractivity contribution in [2.45, 2.75) is 61.8 Å². The zero-order valence-electron chi connectivity index (χ0n) is 32.4. The molecule has 284 valence electrons. The first-order valence-electron chi connectivity index (χ1n) is 18.0. The third-order valence-corrected chi connectivity index (χ3v) is 11.6. The molecular formula is C45H46O8P2. The Balaban J connectivity index is 1.19. The Morgan fingerprint density at radius 3 is 0.764 bits per heavy atom. The van der Waals surface area contributed by atoms with E-state index in [4.69, 9.17) is 27.1 Å². The minimum atomic E-state index is -4.21. The van der Waals surface area contributed by atoms with Crippen molar-refractivity contribution in [2.24, 2.45) is 0 Å². The van der Waals surface area contributed by atoms with Crippen LogP contribution in [0, 0.1) is 55.4 Å². The molecule has 0 saturated heterocycles. The summed E-state index contributed by atoms with van der Waals surface area (Å²) in [7, 11) is -8.42. The van der Waals surface area contributed by atoms with Crippen LogP contribution in [0.25, 0.3) is 0 Å². The molecule has 10 heteroatoms. The number of hydrogen-bond acceptors (Lipinski definition) is 8. The lowest BCUT2D eigenvalue weighted by Crippen LogP contribution is -2.10. The van der Waals surface area contributed by atoms with Gasteiger partial charge in [0, 0.05) is 0 Å². The molecule has 0 spiro atoms. The molecule has 0 unspecified atom stereocenters. The molecule has 0 amide bonds. The number of para-hydroxylation sites is 4. The van der Waals surface area contributed by atoms with Crippen LogP contribution in [0.15, 0.2) is 121 Å². The molecule has 0 N–H and O–H groups in total. The van der Waals surface area contributed by atoms with E-state index >= 15 is 0 Å². The van der Waals surface area contributed by atoms with Gasteiger partial charge in [-0.1, -0.05) is 97.1 Å². The summed E-state index contributed by atoms with van der Waals surface area (Å²) >= 11 is 0. The molecule has 6 aromatic carbocycles. The highest BCUT2D eigenvalue weighted by Crippen LogP contribution is 2.53. The van der Waals surface area contributed by atoms with Crippen LogP contribution in [0.3, 0.4) is 0 Å². The smallest absolute Gasteiger partial charge is 0.386 e. The lowest BCUT2D eigenvalue weighted by Gasteiger charge is -2.23. The summed E-state index contributed by atoms with van der Waals surface area (Å²) in [5, 5.41) is 0. The SMILES string of the molecule is Cc1cccc(C)c1OP(=O)(Oc1ccc(Cc2ccc(OP(=O)(Oc3c(C)cccc3C)Oc3c(C)cccc3C)cc2)cc1)Oc1c(C)cccc1C. The zero-order valence-corrected chi connectivity index (χ0v) is 34.2. The van der Waals surface area contributed by atoms with E-state index in [2.05, 4.69) is 0 Å². The normalized spacial score (nSPS) is 11.5. The molecule has 0 fully saturated rings. The van der Waals surface area contributed by atoms with Crippen LogP contribution < -0.4 is 27.1 Å². The van der Waals surface area contributed by atoms with Crippen LogP contribution in [0.5, 0.6) is 34.5 Å². The Morgan fingerprint density at radius 2 is 0.545 bits per heavy atom. The van der Waals surface area contributed by atoms with Crippen molar-refractivity contribution in [1.29, 1.82) is 0 Å². The largest absolute Gasteiger partial charge is 0.647 e. The third-order valence-electron chi connectivity index (χ3n) is 9.14. The fourth-order valence-corrected chi connectivity index (χ4v) is 9.19. The summed E-state index contributed by atoms with van der Waals surface area (Å²) in [5.41, 5.74) is 8.44. The quantitative estimate of drug-likeness (QED) is 0.101. The number of phosphoric ester groups is 2. The summed E-state index contributed by atoms with van der Waals surface area (Å²) in [5.74, 6) is 2.46. The summed E-state index contributed by atoms with van der Waals surface area (Å²) in [6.45, 7) is 15.1. The molecule has 0 aliphatic heterocycles. The van der Waals surface area contributed by atoms with Crippen LogP contribution >= 0.6 is 15.6 Å². The van der Waals surface area contributed by atoms with Crippen LogP contribution in [-0.2, 0) is 15.6 Å². The Morgan fingerprint density at radius 1 is 0.327 bits per heavy atom. The monoisotopic (exact) mass is 776 g/mol. The molecule has 0 radical (unpaired) electrons. The van der Waals surface area contributed by atoms with Gasteiger partial charge in [0.15, 0.2) is 0 Å². The molecule has 0 atom stereocenters. The van der Waals surface area contributed by atoms with E-state index in [0.29, 0.717) is 40.9 Å². The van der Waals surface area contributed by atoms with Gasteiger partial charge in [-0.15, -0.1) is 0 Å². The average Bonchev–Trinajstić information content (AvgIpc) is 3.13. The first-order chi connectivity index (χ1) is 26.2. The third kappa shape index (κ3) is 9.64.